The third-order valence-corrected chi connectivity index (χ3v) is 9.47. The lowest BCUT2D eigenvalue weighted by Gasteiger charge is -2.37. The van der Waals surface area contributed by atoms with Gasteiger partial charge in [-0.25, -0.2) is 14.3 Å². The molecular weight excluding hydrogens is 641 g/mol. The normalized spacial score (nSPS) is 20.0. The molecule has 18 heteroatoms. The number of fused-ring (bicyclic) bond motifs is 1. The molecule has 3 heterocycles. The van der Waals surface area contributed by atoms with E-state index in [2.05, 4.69) is 4.98 Å². The summed E-state index contributed by atoms with van der Waals surface area (Å²) in [4.78, 5) is 50.9. The average Bonchev–Trinajstić information content (AvgIpc) is 3.63. The maximum Gasteiger partial charge on any atom is 0.508 e. The number of nitro benzene ring substituents is 1. The maximum atomic E-state index is 12.9. The predicted octanol–water partition coefficient (Wildman–Crippen LogP) is 4.35. The second kappa shape index (κ2) is 15.7. The third kappa shape index (κ3) is 8.65. The third-order valence-electron chi connectivity index (χ3n) is 7.32. The second-order valence-corrected chi connectivity index (χ2v) is 12.8. The van der Waals surface area contributed by atoms with E-state index >= 15 is 0 Å². The SMILES string of the molecule is Cc1cn(C2CC(OP(OCCC#N)N(C(C)C)C(C)C)C(COC(=O)OC(C)c3cc4c(cc3[N+](=O)[O-])OCO4)O2)c(=O)[nH]c1=O. The van der Waals surface area contributed by atoms with Gasteiger partial charge in [0.25, 0.3) is 19.8 Å². The van der Waals surface area contributed by atoms with Gasteiger partial charge in [-0.3, -0.25) is 24.5 Å². The lowest BCUT2D eigenvalue weighted by molar-refractivity contribution is -0.386. The second-order valence-electron chi connectivity index (χ2n) is 11.4. The molecule has 1 N–H and O–H groups in total. The number of aromatic amines is 1. The number of hydrogen-bond donors (Lipinski definition) is 1. The van der Waals surface area contributed by atoms with Crippen LogP contribution >= 0.6 is 8.53 Å². The molecule has 1 fully saturated rings. The summed E-state index contributed by atoms with van der Waals surface area (Å²) in [5.74, 6) is 0.480. The molecule has 0 bridgehead atoms. The van der Waals surface area contributed by atoms with Crippen LogP contribution in [-0.4, -0.2) is 69.6 Å². The number of nitro groups is 1. The van der Waals surface area contributed by atoms with Gasteiger partial charge in [0, 0.05) is 30.3 Å². The molecule has 0 radical (unpaired) electrons. The van der Waals surface area contributed by atoms with Crippen LogP contribution in [0.1, 0.15) is 70.9 Å². The molecule has 5 unspecified atom stereocenters. The Morgan fingerprint density at radius 2 is 1.89 bits per heavy atom. The zero-order valence-electron chi connectivity index (χ0n) is 26.9. The van der Waals surface area contributed by atoms with Crippen molar-refractivity contribution in [3.63, 3.8) is 0 Å². The van der Waals surface area contributed by atoms with E-state index in [1.165, 1.54) is 29.8 Å². The van der Waals surface area contributed by atoms with Gasteiger partial charge in [-0.2, -0.15) is 5.26 Å². The van der Waals surface area contributed by atoms with E-state index in [-0.39, 0.29) is 73.2 Å². The van der Waals surface area contributed by atoms with Crippen LogP contribution < -0.4 is 20.7 Å². The number of aryl methyl sites for hydroxylation is 1. The first-order valence-electron chi connectivity index (χ1n) is 14.9. The van der Waals surface area contributed by atoms with Crippen molar-refractivity contribution in [3.05, 3.63) is 60.4 Å². The van der Waals surface area contributed by atoms with Crippen molar-refractivity contribution in [1.29, 1.82) is 5.26 Å². The molecule has 0 amide bonds. The van der Waals surface area contributed by atoms with E-state index < -0.39 is 55.4 Å². The largest absolute Gasteiger partial charge is 0.508 e. The van der Waals surface area contributed by atoms with Crippen molar-refractivity contribution in [2.75, 3.05) is 20.0 Å². The molecule has 0 spiro atoms. The number of hydrogen-bond acceptors (Lipinski definition) is 14. The molecule has 2 aliphatic rings. The van der Waals surface area contributed by atoms with Crippen LogP contribution in [0.5, 0.6) is 11.5 Å². The van der Waals surface area contributed by atoms with Gasteiger partial charge in [0.1, 0.15) is 25.0 Å². The lowest BCUT2D eigenvalue weighted by atomic mass is 10.1. The van der Waals surface area contributed by atoms with E-state index in [0.717, 1.165) is 0 Å². The van der Waals surface area contributed by atoms with Crippen LogP contribution in [0.3, 0.4) is 0 Å². The van der Waals surface area contributed by atoms with Gasteiger partial charge >= 0.3 is 11.8 Å². The number of ether oxygens (including phenoxy) is 5. The minimum Gasteiger partial charge on any atom is -0.454 e. The van der Waals surface area contributed by atoms with Crippen molar-refractivity contribution < 1.29 is 42.4 Å². The molecule has 0 saturated carbocycles. The Kier molecular flexibility index (Phi) is 11.9. The number of nitrogens with one attached hydrogen (secondary N) is 1. The number of rotatable bonds is 14. The Hall–Kier alpha value is -4.07. The fourth-order valence-corrected chi connectivity index (χ4v) is 6.92. The summed E-state index contributed by atoms with van der Waals surface area (Å²) in [5.41, 5.74) is -1.19. The monoisotopic (exact) mass is 679 g/mol. The number of benzene rings is 1. The van der Waals surface area contributed by atoms with E-state index in [1.807, 2.05) is 38.4 Å². The summed E-state index contributed by atoms with van der Waals surface area (Å²) in [6, 6.07) is 4.62. The lowest BCUT2D eigenvalue weighted by Crippen LogP contribution is -2.37. The number of nitrogens with zero attached hydrogens (tertiary/aromatic N) is 4. The Bertz CT molecular complexity index is 1600. The molecule has 0 aliphatic carbocycles. The molecule has 5 atom stereocenters. The highest BCUT2D eigenvalue weighted by atomic mass is 31.2. The molecule has 4 rings (SSSR count). The summed E-state index contributed by atoms with van der Waals surface area (Å²) in [5, 5.41) is 20.8. The Morgan fingerprint density at radius 1 is 1.21 bits per heavy atom. The summed E-state index contributed by atoms with van der Waals surface area (Å²) < 4.78 is 43.2. The molecule has 1 aromatic heterocycles. The van der Waals surface area contributed by atoms with Gasteiger partial charge in [-0.15, -0.1) is 0 Å². The average molecular weight is 680 g/mol. The molecule has 1 aromatic carbocycles. The van der Waals surface area contributed by atoms with Crippen molar-refractivity contribution in [1.82, 2.24) is 14.2 Å². The maximum absolute atomic E-state index is 12.9. The van der Waals surface area contributed by atoms with Crippen molar-refractivity contribution in [2.45, 2.75) is 91.0 Å². The minimum absolute atomic E-state index is 0.00261. The van der Waals surface area contributed by atoms with Crippen LogP contribution in [0.25, 0.3) is 0 Å². The molecule has 256 valence electrons. The molecule has 2 aromatic rings. The number of nitriles is 1. The number of aromatic nitrogens is 2. The van der Waals surface area contributed by atoms with Crippen LogP contribution in [0.4, 0.5) is 10.5 Å². The fraction of sp³-hybridized carbons (Fsp3) is 0.586. The minimum atomic E-state index is -1.74. The highest BCUT2D eigenvalue weighted by molar-refractivity contribution is 7.44. The van der Waals surface area contributed by atoms with Gasteiger partial charge in [-0.1, -0.05) is 0 Å². The summed E-state index contributed by atoms with van der Waals surface area (Å²) in [6.45, 7) is 10.5. The van der Waals surface area contributed by atoms with Crippen molar-refractivity contribution in [3.8, 4) is 17.6 Å². The number of carbonyl (C=O) groups excluding carboxylic acids is 1. The van der Waals surface area contributed by atoms with E-state index in [9.17, 15) is 24.5 Å². The van der Waals surface area contributed by atoms with Gasteiger partial charge in [0.05, 0.1) is 41.8 Å². The number of H-pyrrole nitrogens is 1. The highest BCUT2D eigenvalue weighted by Gasteiger charge is 2.42. The summed E-state index contributed by atoms with van der Waals surface area (Å²) >= 11 is 0. The van der Waals surface area contributed by atoms with Gasteiger partial charge in [0.15, 0.2) is 11.5 Å². The first kappa shape index (κ1) is 35.8. The summed E-state index contributed by atoms with van der Waals surface area (Å²) in [7, 11) is -1.74. The van der Waals surface area contributed by atoms with Crippen LogP contribution in [0.2, 0.25) is 0 Å². The summed E-state index contributed by atoms with van der Waals surface area (Å²) in [6.07, 6.45) is -3.19. The Labute approximate surface area is 271 Å². The molecule has 17 nitrogen and oxygen atoms in total. The molecular formula is C29H38N5O12P. The molecule has 2 aliphatic heterocycles. The zero-order chi connectivity index (χ0) is 34.4. The number of carbonyl (C=O) groups is 1. The van der Waals surface area contributed by atoms with Crippen LogP contribution in [-0.2, 0) is 23.3 Å². The topological polar surface area (TPSA) is 207 Å². The Balaban J connectivity index is 1.54. The Morgan fingerprint density at radius 3 is 2.53 bits per heavy atom. The zero-order valence-corrected chi connectivity index (χ0v) is 27.8. The van der Waals surface area contributed by atoms with Crippen molar-refractivity contribution >= 4 is 20.4 Å². The van der Waals surface area contributed by atoms with Crippen LogP contribution in [0, 0.1) is 28.4 Å². The predicted molar refractivity (Wildman–Crippen MR) is 165 cm³/mol. The van der Waals surface area contributed by atoms with E-state index in [4.69, 9.17) is 38.0 Å². The first-order valence-corrected chi connectivity index (χ1v) is 16.1. The fourth-order valence-electron chi connectivity index (χ4n) is 5.17. The van der Waals surface area contributed by atoms with E-state index in [1.54, 1.807) is 6.92 Å². The smallest absolute Gasteiger partial charge is 0.454 e. The van der Waals surface area contributed by atoms with E-state index in [0.29, 0.717) is 0 Å². The molecule has 1 saturated heterocycles. The quantitative estimate of drug-likeness (QED) is 0.0969. The van der Waals surface area contributed by atoms with Crippen LogP contribution in [0.15, 0.2) is 27.9 Å². The van der Waals surface area contributed by atoms with Gasteiger partial charge in [0.2, 0.25) is 6.79 Å². The van der Waals surface area contributed by atoms with Gasteiger partial charge < -0.3 is 32.7 Å². The van der Waals surface area contributed by atoms with Crippen molar-refractivity contribution in [2.24, 2.45) is 0 Å². The standard InChI is InChI=1S/C29H38N5O12P/c1-16(2)33(17(3)4)47(43-9-7-8-30)46-24-12-26(32-13-18(5)27(35)31-28(32)36)45-25(24)14-40-29(37)44-19(6)20-10-22-23(42-15-41-22)11-21(20)34(38)39/h10-11,13,16-17,19,24-26H,7,9,12,14-15H2,1-6H3,(H,31,35,36). The highest BCUT2D eigenvalue weighted by Crippen LogP contribution is 2.50. The van der Waals surface area contributed by atoms with Gasteiger partial charge in [-0.05, 0) is 47.6 Å². The first-order chi connectivity index (χ1) is 22.3. The molecule has 47 heavy (non-hydrogen) atoms.